The van der Waals surface area contributed by atoms with E-state index in [1.54, 1.807) is 13.2 Å². The third kappa shape index (κ3) is 3.39. The second-order valence-electron chi connectivity index (χ2n) is 8.52. The molecule has 1 saturated heterocycles. The van der Waals surface area contributed by atoms with E-state index in [0.717, 1.165) is 68.3 Å². The van der Waals surface area contributed by atoms with Crippen molar-refractivity contribution < 1.29 is 13.9 Å². The van der Waals surface area contributed by atoms with Gasteiger partial charge in [-0.2, -0.15) is 0 Å². The number of anilines is 1. The van der Waals surface area contributed by atoms with Gasteiger partial charge in [0.05, 0.1) is 28.9 Å². The van der Waals surface area contributed by atoms with E-state index < -0.39 is 5.54 Å². The Bertz CT molecular complexity index is 938. The van der Waals surface area contributed by atoms with E-state index in [0.29, 0.717) is 23.1 Å². The number of carbonyl (C=O) groups is 1. The topological polar surface area (TPSA) is 79.6 Å². The van der Waals surface area contributed by atoms with Crippen LogP contribution in [0.1, 0.15) is 56.4 Å². The number of oxazole rings is 1. The quantitative estimate of drug-likeness (QED) is 0.772. The lowest BCUT2D eigenvalue weighted by Gasteiger charge is -2.42. The molecule has 1 atom stereocenters. The Balaban J connectivity index is 1.55. The highest BCUT2D eigenvalue weighted by Crippen LogP contribution is 2.48. The lowest BCUT2D eigenvalue weighted by atomic mass is 9.74. The average molecular weight is 419 g/mol. The van der Waals surface area contributed by atoms with Crippen molar-refractivity contribution in [1.82, 2.24) is 15.2 Å². The largest absolute Gasteiger partial charge is 0.439 e. The fourth-order valence-electron chi connectivity index (χ4n) is 5.22. The lowest BCUT2D eigenvalue weighted by Crippen LogP contribution is -2.52. The molecule has 2 aliphatic heterocycles. The maximum atomic E-state index is 12.4. The first-order chi connectivity index (χ1) is 14.1. The van der Waals surface area contributed by atoms with Gasteiger partial charge in [-0.3, -0.25) is 4.90 Å². The Hall–Kier alpha value is -1.83. The summed E-state index contributed by atoms with van der Waals surface area (Å²) in [6.07, 6.45) is 7.57. The lowest BCUT2D eigenvalue weighted by molar-refractivity contribution is 0.0259. The Morgan fingerprint density at radius 3 is 2.97 bits per heavy atom. The molecule has 1 aromatic carbocycles. The molecule has 0 bridgehead atoms. The van der Waals surface area contributed by atoms with Gasteiger partial charge in [-0.05, 0) is 38.3 Å². The van der Waals surface area contributed by atoms with Crippen LogP contribution in [0.2, 0.25) is 5.02 Å². The van der Waals surface area contributed by atoms with E-state index >= 15 is 0 Å². The number of fused-ring (bicyclic) bond motifs is 4. The average Bonchev–Trinajstić information content (AvgIpc) is 3.10. The Morgan fingerprint density at radius 1 is 1.34 bits per heavy atom. The number of carbonyl (C=O) groups excluding carboxylic acids is 1. The van der Waals surface area contributed by atoms with Gasteiger partial charge in [0, 0.05) is 19.2 Å². The van der Waals surface area contributed by atoms with E-state index in [-0.39, 0.29) is 12.1 Å². The number of halogens is 1. The van der Waals surface area contributed by atoms with Gasteiger partial charge < -0.3 is 19.8 Å². The number of hydrogen-bond acceptors (Lipinski definition) is 5. The minimum atomic E-state index is -0.428. The number of aromatic nitrogens is 1. The molecule has 1 unspecified atom stereocenters. The van der Waals surface area contributed by atoms with Crippen LogP contribution in [0.25, 0.3) is 11.1 Å². The van der Waals surface area contributed by atoms with Crippen molar-refractivity contribution in [2.45, 2.75) is 63.1 Å². The van der Waals surface area contributed by atoms with E-state index in [1.807, 2.05) is 0 Å². The molecule has 1 aromatic heterocycles. The third-order valence-electron chi connectivity index (χ3n) is 6.61. The smallest absolute Gasteiger partial charge is 0.319 e. The van der Waals surface area contributed by atoms with Gasteiger partial charge in [0.15, 0.2) is 5.58 Å². The van der Waals surface area contributed by atoms with Crippen molar-refractivity contribution >= 4 is 34.4 Å². The highest BCUT2D eigenvalue weighted by Gasteiger charge is 2.44. The van der Waals surface area contributed by atoms with Crippen LogP contribution in [0.15, 0.2) is 10.5 Å². The minimum Gasteiger partial charge on any atom is -0.439 e. The molecular formula is C21H27ClN4O3. The molecule has 7 nitrogen and oxygen atoms in total. The van der Waals surface area contributed by atoms with Crippen molar-refractivity contribution in [2.24, 2.45) is 0 Å². The second-order valence-corrected chi connectivity index (χ2v) is 8.93. The molecular weight excluding hydrogens is 392 g/mol. The molecule has 1 spiro atoms. The zero-order valence-corrected chi connectivity index (χ0v) is 17.5. The summed E-state index contributed by atoms with van der Waals surface area (Å²) in [6.45, 7) is 2.54. The Labute approximate surface area is 175 Å². The van der Waals surface area contributed by atoms with E-state index in [1.165, 1.54) is 6.42 Å². The van der Waals surface area contributed by atoms with Gasteiger partial charge >= 0.3 is 6.03 Å². The van der Waals surface area contributed by atoms with Gasteiger partial charge in [0.2, 0.25) is 5.89 Å². The van der Waals surface area contributed by atoms with E-state index in [2.05, 4.69) is 15.5 Å². The van der Waals surface area contributed by atoms with Crippen molar-refractivity contribution in [1.29, 1.82) is 0 Å². The number of likely N-dealkylation sites (tertiary alicyclic amines) is 1. The van der Waals surface area contributed by atoms with Crippen molar-refractivity contribution in [2.75, 3.05) is 25.5 Å². The number of rotatable bonds is 3. The van der Waals surface area contributed by atoms with Gasteiger partial charge in [-0.15, -0.1) is 0 Å². The van der Waals surface area contributed by atoms with E-state index in [4.69, 9.17) is 25.7 Å². The molecule has 2 aromatic rings. The number of ether oxygens (including phenoxy) is 1. The first-order valence-electron chi connectivity index (χ1n) is 10.5. The number of nitrogens with zero attached hydrogens (tertiary/aromatic N) is 2. The number of nitrogens with one attached hydrogen (secondary N) is 2. The maximum Gasteiger partial charge on any atom is 0.319 e. The third-order valence-corrected chi connectivity index (χ3v) is 6.91. The molecule has 3 aliphatic rings. The highest BCUT2D eigenvalue weighted by molar-refractivity contribution is 6.35. The predicted molar refractivity (Wildman–Crippen MR) is 111 cm³/mol. The normalized spacial score (nSPS) is 24.3. The molecule has 29 heavy (non-hydrogen) atoms. The SMILES string of the molecule is COC1CCCN(Cc2nc3cc(Cl)c4c(c3o2)C2(CCCCC2)NC(=O)N4)C1. The van der Waals surface area contributed by atoms with Crippen LogP contribution < -0.4 is 10.6 Å². The molecule has 2 amide bonds. The fraction of sp³-hybridized carbons (Fsp3) is 0.619. The monoisotopic (exact) mass is 418 g/mol. The Morgan fingerprint density at radius 2 is 2.17 bits per heavy atom. The first kappa shape index (κ1) is 19.2. The summed E-state index contributed by atoms with van der Waals surface area (Å²) in [7, 11) is 1.77. The van der Waals surface area contributed by atoms with Crippen molar-refractivity contribution in [3.63, 3.8) is 0 Å². The molecule has 0 radical (unpaired) electrons. The number of urea groups is 1. The molecule has 8 heteroatoms. The van der Waals surface area contributed by atoms with E-state index in [9.17, 15) is 4.79 Å². The van der Waals surface area contributed by atoms with Crippen LogP contribution in [-0.2, 0) is 16.8 Å². The molecule has 1 aliphatic carbocycles. The Kier molecular flexibility index (Phi) is 4.92. The second kappa shape index (κ2) is 7.45. The molecule has 2 fully saturated rings. The number of piperidine rings is 1. The predicted octanol–water partition coefficient (Wildman–Crippen LogP) is 4.39. The molecule has 3 heterocycles. The molecule has 2 N–H and O–H groups in total. The molecule has 5 rings (SSSR count). The van der Waals surface area contributed by atoms with Crippen LogP contribution in [0.5, 0.6) is 0 Å². The molecule has 156 valence electrons. The van der Waals surface area contributed by atoms with Crippen LogP contribution >= 0.6 is 11.6 Å². The zero-order chi connectivity index (χ0) is 20.0. The van der Waals surface area contributed by atoms with Gasteiger partial charge in [-0.1, -0.05) is 30.9 Å². The summed E-state index contributed by atoms with van der Waals surface area (Å²) in [5, 5.41) is 6.61. The van der Waals surface area contributed by atoms with Crippen molar-refractivity contribution in [3.8, 4) is 0 Å². The highest BCUT2D eigenvalue weighted by atomic mass is 35.5. The summed E-state index contributed by atoms with van der Waals surface area (Å²) >= 11 is 6.58. The first-order valence-corrected chi connectivity index (χ1v) is 10.9. The summed E-state index contributed by atoms with van der Waals surface area (Å²) in [5.41, 5.74) is 2.71. The van der Waals surface area contributed by atoms with Crippen LogP contribution in [0.4, 0.5) is 10.5 Å². The standard InChI is InChI=1S/C21H27ClN4O3/c1-28-13-6-5-9-26(11-13)12-16-23-15-10-14(22)18-17(19(15)29-16)21(25-20(27)24-18)7-3-2-4-8-21/h10,13H,2-9,11-12H2,1H3,(H2,24,25,27). The number of amides is 2. The maximum absolute atomic E-state index is 12.4. The van der Waals surface area contributed by atoms with Gasteiger partial charge in [0.1, 0.15) is 5.52 Å². The van der Waals surface area contributed by atoms with Crippen molar-refractivity contribution in [3.05, 3.63) is 22.5 Å². The summed E-state index contributed by atoms with van der Waals surface area (Å²) < 4.78 is 11.8. The molecule has 1 saturated carbocycles. The van der Waals surface area contributed by atoms with Crippen LogP contribution in [0.3, 0.4) is 0 Å². The van der Waals surface area contributed by atoms with Gasteiger partial charge in [0.25, 0.3) is 0 Å². The summed E-state index contributed by atoms with van der Waals surface area (Å²) in [6, 6.07) is 1.61. The minimum absolute atomic E-state index is 0.195. The van der Waals surface area contributed by atoms with Gasteiger partial charge in [-0.25, -0.2) is 9.78 Å². The van der Waals surface area contributed by atoms with Crippen LogP contribution in [0, 0.1) is 0 Å². The number of benzene rings is 1. The summed E-state index contributed by atoms with van der Waals surface area (Å²) in [5.74, 6) is 0.684. The zero-order valence-electron chi connectivity index (χ0n) is 16.7. The fourth-order valence-corrected chi connectivity index (χ4v) is 5.47. The van der Waals surface area contributed by atoms with Crippen LogP contribution in [-0.4, -0.2) is 42.2 Å². The summed E-state index contributed by atoms with van der Waals surface area (Å²) in [4.78, 5) is 19.4. The number of hydrogen-bond donors (Lipinski definition) is 2. The number of methoxy groups -OCH3 is 1.